The minimum Gasteiger partial charge on any atom is -0.477 e. The van der Waals surface area contributed by atoms with Crippen molar-refractivity contribution in [1.82, 2.24) is 49.3 Å². The average Bonchev–Trinajstić information content (AvgIpc) is 4.04. The van der Waals surface area contributed by atoms with Crippen molar-refractivity contribution < 1.29 is 46.7 Å². The van der Waals surface area contributed by atoms with E-state index < -0.39 is 23.7 Å². The number of hydrogen-bond donors (Lipinski definition) is 4. The molecule has 0 unspecified atom stereocenters. The molecule has 4 aromatic heterocycles. The van der Waals surface area contributed by atoms with E-state index in [1.54, 1.807) is 32.5 Å². The number of amides is 4. The standard InChI is InChI=1S/C44H48ClF3N12O6S/c1-55-35(31-23-59(54-38(31)44(46,47)48)36-18-33-28(21-50-36)16-34(53-33)43(66)58-10-14-67-15-11-58)22-51-39(55)40(63)52-29-2-3-30(32(45)17-29)42(65)57-8-6-56(7-9-57)41(64)27-4-12-60(13-5-27,25-37(61)62)24-26-19-49-20-26/h2-3,16-18,21-23,26-27,49H,4-15,19-20,24-25H2,1H3,(H2-,50,52,53,61,62,63,65,66)/p+1. The summed E-state index contributed by atoms with van der Waals surface area (Å²) in [4.78, 5) is 82.2. The number of aliphatic carboxylic acids is 1. The smallest absolute Gasteiger partial charge is 0.435 e. The van der Waals surface area contributed by atoms with E-state index in [9.17, 15) is 42.3 Å². The number of nitrogens with one attached hydrogen (secondary N) is 3. The number of nitrogens with zero attached hydrogens (tertiary/aromatic N) is 9. The van der Waals surface area contributed by atoms with Crippen molar-refractivity contribution in [3.63, 3.8) is 0 Å². The highest BCUT2D eigenvalue weighted by Crippen LogP contribution is 2.37. The maximum atomic E-state index is 14.5. The third-order valence-corrected chi connectivity index (χ3v) is 14.5. The number of piperidine rings is 1. The zero-order valence-electron chi connectivity index (χ0n) is 36.5. The number of piperazine rings is 1. The Hall–Kier alpha value is -5.97. The summed E-state index contributed by atoms with van der Waals surface area (Å²) < 4.78 is 46.2. The quantitative estimate of drug-likeness (QED) is 0.139. The molecular weight excluding hydrogens is 917 g/mol. The van der Waals surface area contributed by atoms with E-state index in [0.717, 1.165) is 48.2 Å². The highest BCUT2D eigenvalue weighted by Gasteiger charge is 2.43. The van der Waals surface area contributed by atoms with Crippen molar-refractivity contribution in [3.05, 3.63) is 76.7 Å². The van der Waals surface area contributed by atoms with Gasteiger partial charge in [-0.2, -0.15) is 30.0 Å². The summed E-state index contributed by atoms with van der Waals surface area (Å²) in [7, 11) is 1.40. The fourth-order valence-corrected chi connectivity index (χ4v) is 10.7. The van der Waals surface area contributed by atoms with E-state index in [2.05, 4.69) is 30.7 Å². The number of quaternary nitrogens is 1. The van der Waals surface area contributed by atoms with Crippen molar-refractivity contribution in [2.45, 2.75) is 19.0 Å². The van der Waals surface area contributed by atoms with Gasteiger partial charge in [0.2, 0.25) is 5.91 Å². The molecule has 4 aliphatic rings. The number of pyridine rings is 1. The van der Waals surface area contributed by atoms with Gasteiger partial charge in [-0.1, -0.05) is 11.6 Å². The van der Waals surface area contributed by atoms with E-state index in [4.69, 9.17) is 11.6 Å². The van der Waals surface area contributed by atoms with Crippen molar-refractivity contribution >= 4 is 69.6 Å². The van der Waals surface area contributed by atoms with E-state index in [-0.39, 0.29) is 82.4 Å². The van der Waals surface area contributed by atoms with Crippen LogP contribution in [-0.4, -0.2) is 173 Å². The first kappa shape index (κ1) is 46.2. The lowest BCUT2D eigenvalue weighted by atomic mass is 9.90. The molecule has 1 aromatic carbocycles. The summed E-state index contributed by atoms with van der Waals surface area (Å²) in [6, 6.07) is 7.52. The number of likely N-dealkylation sites (tertiary alicyclic amines) is 1. The molecule has 67 heavy (non-hydrogen) atoms. The van der Waals surface area contributed by atoms with E-state index >= 15 is 0 Å². The van der Waals surface area contributed by atoms with Crippen molar-refractivity contribution in [2.75, 3.05) is 95.4 Å². The second-order valence-electron chi connectivity index (χ2n) is 17.7. The topological polar surface area (TPSA) is 204 Å². The summed E-state index contributed by atoms with van der Waals surface area (Å²) in [6.45, 7) is 6.41. The second kappa shape index (κ2) is 18.6. The highest BCUT2D eigenvalue weighted by molar-refractivity contribution is 7.99. The van der Waals surface area contributed by atoms with Crippen molar-refractivity contribution in [1.29, 1.82) is 0 Å². The minimum atomic E-state index is -4.89. The van der Waals surface area contributed by atoms with Crippen LogP contribution in [0.1, 0.15) is 50.0 Å². The van der Waals surface area contributed by atoms with Gasteiger partial charge in [0, 0.05) is 125 Å². The Morgan fingerprint density at radius 1 is 0.925 bits per heavy atom. The molecule has 354 valence electrons. The van der Waals surface area contributed by atoms with Gasteiger partial charge in [0.1, 0.15) is 5.69 Å². The number of carboxylic acid groups (broad SMARTS) is 1. The Kier molecular flexibility index (Phi) is 12.8. The molecule has 0 saturated carbocycles. The first-order chi connectivity index (χ1) is 32.1. The van der Waals surface area contributed by atoms with Gasteiger partial charge < -0.3 is 44.5 Å². The normalized spacial score (nSPS) is 20.5. The zero-order valence-corrected chi connectivity index (χ0v) is 38.1. The highest BCUT2D eigenvalue weighted by atomic mass is 35.5. The number of thioether (sulfide) groups is 1. The van der Waals surface area contributed by atoms with Crippen LogP contribution in [0.5, 0.6) is 0 Å². The molecule has 8 heterocycles. The fourth-order valence-electron chi connectivity index (χ4n) is 9.54. The monoisotopic (exact) mass is 965 g/mol. The molecule has 4 amide bonds. The number of benzene rings is 1. The first-order valence-electron chi connectivity index (χ1n) is 22.1. The van der Waals surface area contributed by atoms with Gasteiger partial charge in [-0.3, -0.25) is 19.2 Å². The van der Waals surface area contributed by atoms with Crippen LogP contribution in [0.25, 0.3) is 28.0 Å². The SMILES string of the molecule is Cn1c(-c2cn(-c3cc4[nH]c(C(=O)N5CCSCC5)cc4cn3)nc2C(F)(F)F)cnc1C(=O)Nc1ccc(C(=O)N2CCN(C(=O)C3CC[N+](CC(=O)O)(CC4CNC4)CC3)CC2)c(Cl)c1. The van der Waals surface area contributed by atoms with E-state index in [0.29, 0.717) is 79.1 Å². The van der Waals surface area contributed by atoms with Crippen LogP contribution in [0.4, 0.5) is 18.9 Å². The molecule has 0 bridgehead atoms. The molecule has 9 rings (SSSR count). The molecule has 4 aliphatic heterocycles. The Morgan fingerprint density at radius 3 is 2.28 bits per heavy atom. The van der Waals surface area contributed by atoms with Gasteiger partial charge in [0.15, 0.2) is 23.9 Å². The zero-order chi connectivity index (χ0) is 47.2. The lowest BCUT2D eigenvalue weighted by Crippen LogP contribution is -2.62. The molecule has 4 saturated heterocycles. The molecule has 0 aliphatic carbocycles. The Morgan fingerprint density at radius 2 is 1.63 bits per heavy atom. The predicted molar refractivity (Wildman–Crippen MR) is 242 cm³/mol. The van der Waals surface area contributed by atoms with Crippen LogP contribution in [-0.2, 0) is 22.8 Å². The molecule has 0 radical (unpaired) electrons. The summed E-state index contributed by atoms with van der Waals surface area (Å²) in [5.41, 5.74) is -0.388. The molecule has 4 N–H and O–H groups in total. The fraction of sp³-hybridized carbons (Fsp3) is 0.455. The van der Waals surface area contributed by atoms with Gasteiger partial charge in [0.05, 0.1) is 53.2 Å². The van der Waals surface area contributed by atoms with Crippen LogP contribution in [0, 0.1) is 11.8 Å². The third kappa shape index (κ3) is 9.61. The number of aromatic amines is 1. The van der Waals surface area contributed by atoms with E-state index in [1.165, 1.54) is 42.1 Å². The summed E-state index contributed by atoms with van der Waals surface area (Å²) in [5.74, 6) is -0.293. The largest absolute Gasteiger partial charge is 0.477 e. The number of carbonyl (C=O) groups excluding carboxylic acids is 4. The molecule has 18 nitrogen and oxygen atoms in total. The first-order valence-corrected chi connectivity index (χ1v) is 23.6. The van der Waals surface area contributed by atoms with Crippen LogP contribution in [0.2, 0.25) is 5.02 Å². The molecular formula is C44H49ClF3N12O6S+. The van der Waals surface area contributed by atoms with Crippen LogP contribution in [0.15, 0.2) is 48.9 Å². The number of carbonyl (C=O) groups is 5. The number of halogens is 4. The Bertz CT molecular complexity index is 2730. The maximum Gasteiger partial charge on any atom is 0.435 e. The van der Waals surface area contributed by atoms with Crippen molar-refractivity contribution in [2.24, 2.45) is 18.9 Å². The van der Waals surface area contributed by atoms with Gasteiger partial charge in [0.25, 0.3) is 17.7 Å². The number of rotatable bonds is 11. The number of hydrogen-bond acceptors (Lipinski definition) is 10. The minimum absolute atomic E-state index is 0.0267. The van der Waals surface area contributed by atoms with Crippen LogP contribution < -0.4 is 10.6 Å². The number of carboxylic acids is 1. The summed E-state index contributed by atoms with van der Waals surface area (Å²) in [5, 5.41) is 20.0. The van der Waals surface area contributed by atoms with Gasteiger partial charge in [-0.05, 0) is 24.3 Å². The van der Waals surface area contributed by atoms with Crippen LogP contribution in [0.3, 0.4) is 0 Å². The van der Waals surface area contributed by atoms with Crippen LogP contribution >= 0.6 is 23.4 Å². The summed E-state index contributed by atoms with van der Waals surface area (Å²) in [6.07, 6.45) is 0.0940. The Labute approximate surface area is 391 Å². The number of H-pyrrole nitrogens is 1. The van der Waals surface area contributed by atoms with E-state index in [1.807, 2.05) is 0 Å². The predicted octanol–water partition coefficient (Wildman–Crippen LogP) is 4.08. The maximum absolute atomic E-state index is 14.5. The number of fused-ring (bicyclic) bond motifs is 1. The number of anilines is 1. The molecule has 23 heteroatoms. The van der Waals surface area contributed by atoms with Gasteiger partial charge >= 0.3 is 12.1 Å². The summed E-state index contributed by atoms with van der Waals surface area (Å²) >= 11 is 8.37. The van der Waals surface area contributed by atoms with Crippen molar-refractivity contribution in [3.8, 4) is 17.1 Å². The number of aromatic nitrogens is 6. The lowest BCUT2D eigenvalue weighted by Gasteiger charge is -2.46. The average molecular weight is 966 g/mol. The second-order valence-corrected chi connectivity index (χ2v) is 19.3. The number of imidazole rings is 1. The third-order valence-electron chi connectivity index (χ3n) is 13.3. The molecule has 0 atom stereocenters. The van der Waals surface area contributed by atoms with Gasteiger partial charge in [-0.15, -0.1) is 0 Å². The lowest BCUT2D eigenvalue weighted by molar-refractivity contribution is -0.929. The molecule has 0 spiro atoms. The van der Waals surface area contributed by atoms with Gasteiger partial charge in [-0.25, -0.2) is 19.4 Å². The number of alkyl halides is 3. The Balaban J connectivity index is 0.825. The molecule has 4 fully saturated rings. The molecule has 5 aromatic rings.